The van der Waals surface area contributed by atoms with Crippen LogP contribution < -0.4 is 0 Å². The molecule has 0 unspecified atom stereocenters. The average Bonchev–Trinajstić information content (AvgIpc) is 1.96. The van der Waals surface area contributed by atoms with Gasteiger partial charge >= 0.3 is 0 Å². The normalized spacial score (nSPS) is 10.1. The molecule has 0 radical (unpaired) electrons. The van der Waals surface area contributed by atoms with Gasteiger partial charge in [-0.2, -0.15) is 0 Å². The van der Waals surface area contributed by atoms with Gasteiger partial charge in [-0.3, -0.25) is 0 Å². The first kappa shape index (κ1) is 10.6. The van der Waals surface area contributed by atoms with Crippen LogP contribution in [0.5, 0.6) is 0 Å². The molecule has 0 bridgehead atoms. The van der Waals surface area contributed by atoms with Crippen LogP contribution in [0.15, 0.2) is 12.1 Å². The van der Waals surface area contributed by atoms with E-state index in [1.807, 2.05) is 0 Å². The van der Waals surface area contributed by atoms with Crippen molar-refractivity contribution in [2.24, 2.45) is 0 Å². The van der Waals surface area contributed by atoms with Crippen LogP contribution >= 0.6 is 67.8 Å². The van der Waals surface area contributed by atoms with Crippen molar-refractivity contribution in [3.05, 3.63) is 28.4 Å². The summed E-state index contributed by atoms with van der Waals surface area (Å²) in [5.41, 5.74) is 1.46. The predicted octanol–water partition coefficient (Wildman–Crippen LogP) is 2.63. The third-order valence-electron chi connectivity index (χ3n) is 1.45. The first-order valence-corrected chi connectivity index (χ1v) is 6.52. The van der Waals surface area contributed by atoms with Crippen LogP contribution in [-0.2, 0) is 6.32 Å². The van der Waals surface area contributed by atoms with E-state index in [-0.39, 0.29) is 0 Å². The van der Waals surface area contributed by atoms with E-state index in [0.717, 1.165) is 6.32 Å². The Bertz CT molecular complexity index is 273. The van der Waals surface area contributed by atoms with Crippen molar-refractivity contribution in [2.45, 2.75) is 6.32 Å². The van der Waals surface area contributed by atoms with E-state index in [4.69, 9.17) is 0 Å². The maximum absolute atomic E-state index is 2.41. The molecule has 0 heterocycles. The molecule has 0 N–H and O–H groups in total. The molecule has 0 saturated carbocycles. The topological polar surface area (TPSA) is 0 Å². The molecule has 4 heteroatoms. The highest BCUT2D eigenvalue weighted by Gasteiger charge is 2.02. The Morgan fingerprint density at radius 1 is 1.18 bits per heavy atom. The lowest BCUT2D eigenvalue weighted by molar-refractivity contribution is 1.33. The molecular formula is C7H6BI3. The zero-order valence-corrected chi connectivity index (χ0v) is 12.5. The van der Waals surface area contributed by atoms with E-state index >= 15 is 0 Å². The van der Waals surface area contributed by atoms with E-state index in [1.165, 1.54) is 16.3 Å². The summed E-state index contributed by atoms with van der Waals surface area (Å²) in [5.74, 6) is 0. The van der Waals surface area contributed by atoms with Gasteiger partial charge in [0.2, 0.25) is 0 Å². The fourth-order valence-corrected chi connectivity index (χ4v) is 3.52. The minimum absolute atomic E-state index is 1.13. The molecule has 0 atom stereocenters. The lowest BCUT2D eigenvalue weighted by atomic mass is 9.97. The monoisotopic (exact) mass is 482 g/mol. The first-order chi connectivity index (χ1) is 5.15. The molecule has 0 aromatic heterocycles. The van der Waals surface area contributed by atoms with Crippen LogP contribution in [0.3, 0.4) is 0 Å². The van der Waals surface area contributed by atoms with Crippen LogP contribution in [-0.4, -0.2) is 7.85 Å². The molecule has 0 saturated heterocycles. The largest absolute Gasteiger partial charge is 0.107 e. The van der Waals surface area contributed by atoms with Crippen molar-refractivity contribution >= 4 is 75.6 Å². The Balaban J connectivity index is 3.24. The van der Waals surface area contributed by atoms with Gasteiger partial charge in [0.1, 0.15) is 7.85 Å². The van der Waals surface area contributed by atoms with Crippen molar-refractivity contribution in [3.63, 3.8) is 0 Å². The van der Waals surface area contributed by atoms with E-state index in [1.54, 1.807) is 0 Å². The van der Waals surface area contributed by atoms with Gasteiger partial charge in [0.25, 0.3) is 0 Å². The van der Waals surface area contributed by atoms with Gasteiger partial charge < -0.3 is 0 Å². The summed E-state index contributed by atoms with van der Waals surface area (Å²) < 4.78 is 4.11. The van der Waals surface area contributed by atoms with Crippen LogP contribution in [0.1, 0.15) is 5.56 Å². The second-order valence-electron chi connectivity index (χ2n) is 2.21. The summed E-state index contributed by atoms with van der Waals surface area (Å²) in [6.07, 6.45) is 1.13. The van der Waals surface area contributed by atoms with Gasteiger partial charge in [0.05, 0.1) is 0 Å². The minimum atomic E-state index is 1.13. The van der Waals surface area contributed by atoms with E-state index in [9.17, 15) is 0 Å². The van der Waals surface area contributed by atoms with Crippen molar-refractivity contribution in [1.29, 1.82) is 0 Å². The van der Waals surface area contributed by atoms with Crippen molar-refractivity contribution in [2.75, 3.05) is 0 Å². The van der Waals surface area contributed by atoms with Crippen LogP contribution in [0.4, 0.5) is 0 Å². The van der Waals surface area contributed by atoms with E-state index in [2.05, 4.69) is 87.8 Å². The third kappa shape index (κ3) is 2.72. The molecular weight excluding hydrogens is 476 g/mol. The SMILES string of the molecule is BCc1cc(I)cc(I)c1I. The Kier molecular flexibility index (Phi) is 4.45. The molecule has 1 aromatic rings. The maximum atomic E-state index is 2.41. The second-order valence-corrected chi connectivity index (χ2v) is 5.70. The standard InChI is InChI=1S/C7H6BI3/c8-3-4-1-5(9)2-6(10)7(4)11/h1-2H,3,8H2. The fraction of sp³-hybridized carbons (Fsp3) is 0.143. The van der Waals surface area contributed by atoms with Crippen LogP contribution in [0.25, 0.3) is 0 Å². The molecule has 0 aliphatic carbocycles. The van der Waals surface area contributed by atoms with E-state index < -0.39 is 0 Å². The van der Waals surface area contributed by atoms with Crippen molar-refractivity contribution < 1.29 is 0 Å². The fourth-order valence-electron chi connectivity index (χ4n) is 0.867. The zero-order chi connectivity index (χ0) is 8.43. The van der Waals surface area contributed by atoms with Gasteiger partial charge in [0, 0.05) is 10.7 Å². The molecule has 0 nitrogen and oxygen atoms in total. The highest BCUT2D eigenvalue weighted by molar-refractivity contribution is 14.1. The molecule has 11 heavy (non-hydrogen) atoms. The number of benzene rings is 1. The lowest BCUT2D eigenvalue weighted by Crippen LogP contribution is -1.93. The average molecular weight is 482 g/mol. The number of rotatable bonds is 1. The molecule has 0 fully saturated rings. The quantitative estimate of drug-likeness (QED) is 0.329. The first-order valence-electron chi connectivity index (χ1n) is 3.28. The Morgan fingerprint density at radius 3 is 2.36 bits per heavy atom. The molecule has 0 aliphatic heterocycles. The zero-order valence-electron chi connectivity index (χ0n) is 6.00. The Morgan fingerprint density at radius 2 is 1.82 bits per heavy atom. The molecule has 1 aromatic carbocycles. The van der Waals surface area contributed by atoms with Crippen molar-refractivity contribution in [3.8, 4) is 0 Å². The Labute approximate surface area is 109 Å². The summed E-state index contributed by atoms with van der Waals surface area (Å²) >= 11 is 7.16. The highest BCUT2D eigenvalue weighted by atomic mass is 127. The summed E-state index contributed by atoms with van der Waals surface area (Å²) in [4.78, 5) is 0. The molecule has 0 spiro atoms. The lowest BCUT2D eigenvalue weighted by Gasteiger charge is -2.04. The summed E-state index contributed by atoms with van der Waals surface area (Å²) in [5, 5.41) is 0. The summed E-state index contributed by atoms with van der Waals surface area (Å²) in [6, 6.07) is 4.46. The maximum Gasteiger partial charge on any atom is 0.107 e. The second kappa shape index (κ2) is 4.64. The van der Waals surface area contributed by atoms with E-state index in [0.29, 0.717) is 0 Å². The number of hydrogen-bond donors (Lipinski definition) is 0. The van der Waals surface area contributed by atoms with Gasteiger partial charge in [-0.05, 0) is 85.5 Å². The summed E-state index contributed by atoms with van der Waals surface area (Å²) in [7, 11) is 2.20. The van der Waals surface area contributed by atoms with Gasteiger partial charge in [-0.1, -0.05) is 6.32 Å². The summed E-state index contributed by atoms with van der Waals surface area (Å²) in [6.45, 7) is 0. The predicted molar refractivity (Wildman–Crippen MR) is 76.8 cm³/mol. The van der Waals surface area contributed by atoms with Crippen LogP contribution in [0, 0.1) is 10.7 Å². The van der Waals surface area contributed by atoms with Gasteiger partial charge in [-0.15, -0.1) is 0 Å². The number of hydrogen-bond acceptors (Lipinski definition) is 0. The number of halogens is 3. The van der Waals surface area contributed by atoms with Crippen molar-refractivity contribution in [1.82, 2.24) is 0 Å². The highest BCUT2D eigenvalue weighted by Crippen LogP contribution is 2.22. The third-order valence-corrected chi connectivity index (χ3v) is 5.23. The minimum Gasteiger partial charge on any atom is -0.0555 e. The molecule has 1 rings (SSSR count). The molecule has 0 amide bonds. The smallest absolute Gasteiger partial charge is 0.0555 e. The van der Waals surface area contributed by atoms with Crippen LogP contribution in [0.2, 0.25) is 0 Å². The van der Waals surface area contributed by atoms with Gasteiger partial charge in [-0.25, -0.2) is 0 Å². The molecule has 0 aliphatic rings. The molecule has 58 valence electrons. The van der Waals surface area contributed by atoms with Gasteiger partial charge in [0.15, 0.2) is 0 Å². The Hall–Kier alpha value is 1.47.